The summed E-state index contributed by atoms with van der Waals surface area (Å²) in [6.45, 7) is 7.28. The molecule has 0 spiro atoms. The number of aryl methyl sites for hydroxylation is 2. The standard InChI is InChI=1S/C23H24N8O/c1-16-3-6-19(7-4-16)28-22(32)18-5-8-20(24-14-18)29-9-11-30(12-10-29)21-13-17(2)27-23-25-15-26-31(21)23/h3-8,13-15H,9-12H2,1-2H3,(H,28,32). The Hall–Kier alpha value is -4.01. The summed E-state index contributed by atoms with van der Waals surface area (Å²) in [4.78, 5) is 30.2. The molecular formula is C23H24N8O. The van der Waals surface area contributed by atoms with Crippen LogP contribution in [0, 0.1) is 13.8 Å². The van der Waals surface area contributed by atoms with Crippen LogP contribution in [0.15, 0.2) is 55.0 Å². The molecule has 1 aliphatic rings. The molecule has 162 valence electrons. The van der Waals surface area contributed by atoms with Gasteiger partial charge in [-0.2, -0.15) is 14.6 Å². The van der Waals surface area contributed by atoms with Crippen molar-refractivity contribution in [3.63, 3.8) is 0 Å². The highest BCUT2D eigenvalue weighted by Gasteiger charge is 2.21. The Balaban J connectivity index is 1.23. The second-order valence-corrected chi connectivity index (χ2v) is 7.93. The van der Waals surface area contributed by atoms with Gasteiger partial charge in [-0.15, -0.1) is 0 Å². The number of nitrogens with zero attached hydrogens (tertiary/aromatic N) is 7. The largest absolute Gasteiger partial charge is 0.353 e. The monoisotopic (exact) mass is 428 g/mol. The molecule has 0 saturated carbocycles. The number of hydrogen-bond acceptors (Lipinski definition) is 7. The third-order valence-corrected chi connectivity index (χ3v) is 5.61. The molecule has 0 radical (unpaired) electrons. The Bertz CT molecular complexity index is 1240. The van der Waals surface area contributed by atoms with Gasteiger partial charge in [0.1, 0.15) is 18.0 Å². The molecular weight excluding hydrogens is 404 g/mol. The first kappa shape index (κ1) is 19.9. The fourth-order valence-electron chi connectivity index (χ4n) is 3.85. The Morgan fingerprint density at radius 1 is 0.938 bits per heavy atom. The highest BCUT2D eigenvalue weighted by Crippen LogP contribution is 2.21. The Kier molecular flexibility index (Phi) is 5.14. The summed E-state index contributed by atoms with van der Waals surface area (Å²) >= 11 is 0. The molecule has 3 aromatic heterocycles. The van der Waals surface area contributed by atoms with Gasteiger partial charge in [0.25, 0.3) is 11.7 Å². The number of fused-ring (bicyclic) bond motifs is 1. The molecule has 0 aliphatic carbocycles. The van der Waals surface area contributed by atoms with Crippen molar-refractivity contribution in [2.45, 2.75) is 13.8 Å². The first-order valence-electron chi connectivity index (χ1n) is 10.6. The van der Waals surface area contributed by atoms with Crippen LogP contribution in [0.3, 0.4) is 0 Å². The fourth-order valence-corrected chi connectivity index (χ4v) is 3.85. The SMILES string of the molecule is Cc1ccc(NC(=O)c2ccc(N3CCN(c4cc(C)nc5ncnn45)CC3)nc2)cc1. The predicted octanol–water partition coefficient (Wildman–Crippen LogP) is 2.72. The van der Waals surface area contributed by atoms with Gasteiger partial charge in [-0.25, -0.2) is 9.97 Å². The lowest BCUT2D eigenvalue weighted by Crippen LogP contribution is -2.47. The molecule has 9 heteroatoms. The summed E-state index contributed by atoms with van der Waals surface area (Å²) in [5.41, 5.74) is 3.38. The third-order valence-electron chi connectivity index (χ3n) is 5.61. The highest BCUT2D eigenvalue weighted by atomic mass is 16.1. The number of benzene rings is 1. The van der Waals surface area contributed by atoms with Crippen LogP contribution in [0.2, 0.25) is 0 Å². The molecule has 1 aromatic carbocycles. The van der Waals surface area contributed by atoms with Crippen LogP contribution >= 0.6 is 0 Å². The molecule has 32 heavy (non-hydrogen) atoms. The Morgan fingerprint density at radius 2 is 1.69 bits per heavy atom. The number of hydrogen-bond donors (Lipinski definition) is 1. The molecule has 4 heterocycles. The van der Waals surface area contributed by atoms with Gasteiger partial charge < -0.3 is 15.1 Å². The number of carbonyl (C=O) groups excluding carboxylic acids is 1. The quantitative estimate of drug-likeness (QED) is 0.534. The molecule has 1 amide bonds. The summed E-state index contributed by atoms with van der Waals surface area (Å²) in [5, 5.41) is 7.22. The van der Waals surface area contributed by atoms with Gasteiger partial charge in [0, 0.05) is 49.8 Å². The van der Waals surface area contributed by atoms with E-state index < -0.39 is 0 Å². The fraction of sp³-hybridized carbons (Fsp3) is 0.261. The molecule has 0 atom stereocenters. The number of anilines is 3. The molecule has 0 unspecified atom stereocenters. The number of rotatable bonds is 4. The minimum atomic E-state index is -0.164. The minimum absolute atomic E-state index is 0.164. The zero-order chi connectivity index (χ0) is 22.1. The van der Waals surface area contributed by atoms with Crippen molar-refractivity contribution >= 4 is 29.0 Å². The molecule has 9 nitrogen and oxygen atoms in total. The first-order valence-corrected chi connectivity index (χ1v) is 10.6. The van der Waals surface area contributed by atoms with E-state index in [1.807, 2.05) is 56.3 Å². The third kappa shape index (κ3) is 3.96. The molecule has 5 rings (SSSR count). The molecule has 1 aliphatic heterocycles. The lowest BCUT2D eigenvalue weighted by atomic mass is 10.2. The van der Waals surface area contributed by atoms with Crippen LogP contribution in [0.5, 0.6) is 0 Å². The zero-order valence-corrected chi connectivity index (χ0v) is 18.1. The number of amides is 1. The number of piperazine rings is 1. The summed E-state index contributed by atoms with van der Waals surface area (Å²) < 4.78 is 1.78. The summed E-state index contributed by atoms with van der Waals surface area (Å²) in [6.07, 6.45) is 3.17. The maximum absolute atomic E-state index is 12.5. The van der Waals surface area contributed by atoms with E-state index in [-0.39, 0.29) is 5.91 Å². The van der Waals surface area contributed by atoms with Crippen LogP contribution in [-0.2, 0) is 0 Å². The topological polar surface area (TPSA) is 91.5 Å². The lowest BCUT2D eigenvalue weighted by molar-refractivity contribution is 0.102. The smallest absolute Gasteiger partial charge is 0.257 e. The maximum Gasteiger partial charge on any atom is 0.257 e. The van der Waals surface area contributed by atoms with Crippen LogP contribution in [0.1, 0.15) is 21.6 Å². The Labute approximate surface area is 185 Å². The number of aromatic nitrogens is 5. The van der Waals surface area contributed by atoms with Crippen molar-refractivity contribution in [2.24, 2.45) is 0 Å². The maximum atomic E-state index is 12.5. The lowest BCUT2D eigenvalue weighted by Gasteiger charge is -2.36. The van der Waals surface area contributed by atoms with E-state index in [2.05, 4.69) is 35.2 Å². The van der Waals surface area contributed by atoms with Crippen LogP contribution in [0.4, 0.5) is 17.3 Å². The van der Waals surface area contributed by atoms with Crippen molar-refractivity contribution in [1.82, 2.24) is 24.6 Å². The van der Waals surface area contributed by atoms with Crippen LogP contribution < -0.4 is 15.1 Å². The predicted molar refractivity (Wildman–Crippen MR) is 123 cm³/mol. The summed E-state index contributed by atoms with van der Waals surface area (Å²) in [6, 6.07) is 13.5. The molecule has 1 saturated heterocycles. The molecule has 1 N–H and O–H groups in total. The average Bonchev–Trinajstić information content (AvgIpc) is 3.29. The number of pyridine rings is 1. The van der Waals surface area contributed by atoms with Crippen molar-refractivity contribution in [1.29, 1.82) is 0 Å². The Morgan fingerprint density at radius 3 is 2.41 bits per heavy atom. The first-order chi connectivity index (χ1) is 15.6. The average molecular weight is 429 g/mol. The number of carbonyl (C=O) groups is 1. The van der Waals surface area contributed by atoms with Gasteiger partial charge in [-0.3, -0.25) is 4.79 Å². The van der Waals surface area contributed by atoms with Crippen molar-refractivity contribution in [2.75, 3.05) is 41.3 Å². The second-order valence-electron chi connectivity index (χ2n) is 7.93. The second kappa shape index (κ2) is 8.26. The van der Waals surface area contributed by atoms with Gasteiger partial charge >= 0.3 is 0 Å². The molecule has 1 fully saturated rings. The van der Waals surface area contributed by atoms with E-state index >= 15 is 0 Å². The van der Waals surface area contributed by atoms with Gasteiger partial charge in [-0.05, 0) is 38.1 Å². The van der Waals surface area contributed by atoms with E-state index in [1.54, 1.807) is 10.7 Å². The van der Waals surface area contributed by atoms with E-state index in [0.717, 1.165) is 54.8 Å². The molecule has 4 aromatic rings. The normalized spacial score (nSPS) is 14.1. The van der Waals surface area contributed by atoms with Crippen molar-refractivity contribution < 1.29 is 4.79 Å². The van der Waals surface area contributed by atoms with Gasteiger partial charge in [0.2, 0.25) is 0 Å². The summed E-state index contributed by atoms with van der Waals surface area (Å²) in [7, 11) is 0. The van der Waals surface area contributed by atoms with E-state index in [1.165, 1.54) is 6.33 Å². The van der Waals surface area contributed by atoms with E-state index in [9.17, 15) is 4.79 Å². The van der Waals surface area contributed by atoms with Crippen molar-refractivity contribution in [3.8, 4) is 0 Å². The van der Waals surface area contributed by atoms with Gasteiger partial charge in [0.05, 0.1) is 5.56 Å². The van der Waals surface area contributed by atoms with Gasteiger partial charge in [0.15, 0.2) is 0 Å². The van der Waals surface area contributed by atoms with Crippen LogP contribution in [-0.4, -0.2) is 56.7 Å². The van der Waals surface area contributed by atoms with Crippen molar-refractivity contribution in [3.05, 3.63) is 71.8 Å². The zero-order valence-electron chi connectivity index (χ0n) is 18.1. The minimum Gasteiger partial charge on any atom is -0.353 e. The highest BCUT2D eigenvalue weighted by molar-refractivity contribution is 6.04. The summed E-state index contributed by atoms with van der Waals surface area (Å²) in [5.74, 6) is 2.32. The number of nitrogens with one attached hydrogen (secondary N) is 1. The van der Waals surface area contributed by atoms with Gasteiger partial charge in [-0.1, -0.05) is 17.7 Å². The van der Waals surface area contributed by atoms with E-state index in [0.29, 0.717) is 11.3 Å². The molecule has 0 bridgehead atoms. The van der Waals surface area contributed by atoms with E-state index in [4.69, 9.17) is 0 Å². The van der Waals surface area contributed by atoms with Crippen LogP contribution in [0.25, 0.3) is 5.78 Å².